The quantitative estimate of drug-likeness (QED) is 0.786. The summed E-state index contributed by atoms with van der Waals surface area (Å²) in [5, 5.41) is 5.06. The number of rotatable bonds is 5. The standard InChI is InChI=1S/C14H15ClN4/c1-3-8-19-9-6-12(17-19)11-18(4-2)14-5-7-16-10-13(14)15/h1,5-7,9-10H,4,8,11H2,2H3. The van der Waals surface area contributed by atoms with Crippen LogP contribution in [0.5, 0.6) is 0 Å². The number of anilines is 1. The number of halogens is 1. The largest absolute Gasteiger partial charge is 0.365 e. The number of aromatic nitrogens is 3. The van der Waals surface area contributed by atoms with Crippen molar-refractivity contribution in [3.8, 4) is 12.3 Å². The van der Waals surface area contributed by atoms with Crippen LogP contribution < -0.4 is 4.90 Å². The SMILES string of the molecule is C#CCn1ccc(CN(CC)c2ccncc2Cl)n1. The Morgan fingerprint density at radius 3 is 3.00 bits per heavy atom. The predicted molar refractivity (Wildman–Crippen MR) is 77.0 cm³/mol. The molecule has 0 N–H and O–H groups in total. The van der Waals surface area contributed by atoms with Crippen LogP contribution in [0.15, 0.2) is 30.7 Å². The number of hydrogen-bond acceptors (Lipinski definition) is 3. The summed E-state index contributed by atoms with van der Waals surface area (Å²) in [6.45, 7) is 4.10. The van der Waals surface area contributed by atoms with Crippen molar-refractivity contribution in [1.29, 1.82) is 0 Å². The highest BCUT2D eigenvalue weighted by Crippen LogP contribution is 2.25. The van der Waals surface area contributed by atoms with E-state index in [1.807, 2.05) is 18.3 Å². The second-order valence-electron chi connectivity index (χ2n) is 4.05. The highest BCUT2D eigenvalue weighted by Gasteiger charge is 2.10. The first-order valence-corrected chi connectivity index (χ1v) is 6.42. The van der Waals surface area contributed by atoms with Gasteiger partial charge in [-0.1, -0.05) is 17.5 Å². The van der Waals surface area contributed by atoms with Crippen LogP contribution in [0.1, 0.15) is 12.6 Å². The van der Waals surface area contributed by atoms with Gasteiger partial charge in [0.15, 0.2) is 0 Å². The highest BCUT2D eigenvalue weighted by molar-refractivity contribution is 6.33. The van der Waals surface area contributed by atoms with Crippen LogP contribution in [-0.2, 0) is 13.1 Å². The normalized spacial score (nSPS) is 10.2. The van der Waals surface area contributed by atoms with Crippen molar-refractivity contribution >= 4 is 17.3 Å². The van der Waals surface area contributed by atoms with E-state index in [9.17, 15) is 0 Å². The summed E-state index contributed by atoms with van der Waals surface area (Å²) in [5.74, 6) is 2.56. The lowest BCUT2D eigenvalue weighted by Gasteiger charge is -2.22. The minimum Gasteiger partial charge on any atom is -0.365 e. The van der Waals surface area contributed by atoms with E-state index in [4.69, 9.17) is 18.0 Å². The first kappa shape index (κ1) is 13.4. The van der Waals surface area contributed by atoms with Gasteiger partial charge in [-0.2, -0.15) is 5.10 Å². The van der Waals surface area contributed by atoms with E-state index in [0.717, 1.165) is 17.9 Å². The molecule has 0 unspecified atom stereocenters. The molecule has 0 fully saturated rings. The summed E-state index contributed by atoms with van der Waals surface area (Å²) in [6.07, 6.45) is 10.5. The maximum Gasteiger partial charge on any atom is 0.101 e. The highest BCUT2D eigenvalue weighted by atomic mass is 35.5. The molecule has 2 aromatic rings. The molecule has 5 heteroatoms. The molecule has 2 heterocycles. The molecule has 0 aliphatic heterocycles. The Hall–Kier alpha value is -1.99. The summed E-state index contributed by atoms with van der Waals surface area (Å²) in [4.78, 5) is 6.14. The minimum atomic E-state index is 0.488. The van der Waals surface area contributed by atoms with Crippen LogP contribution >= 0.6 is 11.6 Å². The van der Waals surface area contributed by atoms with Crippen molar-refractivity contribution in [2.45, 2.75) is 20.0 Å². The third kappa shape index (κ3) is 3.27. The molecule has 0 saturated carbocycles. The van der Waals surface area contributed by atoms with Gasteiger partial charge in [0.05, 0.1) is 22.9 Å². The maximum absolute atomic E-state index is 6.16. The van der Waals surface area contributed by atoms with Crippen LogP contribution in [0, 0.1) is 12.3 Å². The van der Waals surface area contributed by atoms with Crippen molar-refractivity contribution in [2.75, 3.05) is 11.4 Å². The Bertz CT molecular complexity index is 585. The summed E-state index contributed by atoms with van der Waals surface area (Å²) in [7, 11) is 0. The molecule has 0 spiro atoms. The molecule has 0 aliphatic rings. The molecule has 19 heavy (non-hydrogen) atoms. The molecule has 0 amide bonds. The molecule has 2 rings (SSSR count). The second kappa shape index (κ2) is 6.26. The van der Waals surface area contributed by atoms with Crippen LogP contribution in [0.2, 0.25) is 5.02 Å². The Labute approximate surface area is 118 Å². The lowest BCUT2D eigenvalue weighted by molar-refractivity contribution is 0.686. The molecule has 98 valence electrons. The van der Waals surface area contributed by atoms with Crippen LogP contribution in [0.4, 0.5) is 5.69 Å². The fourth-order valence-corrected chi connectivity index (χ4v) is 2.10. The van der Waals surface area contributed by atoms with E-state index >= 15 is 0 Å². The van der Waals surface area contributed by atoms with E-state index in [-0.39, 0.29) is 0 Å². The summed E-state index contributed by atoms with van der Waals surface area (Å²) in [6, 6.07) is 3.87. The van der Waals surface area contributed by atoms with Gasteiger partial charge in [0.25, 0.3) is 0 Å². The van der Waals surface area contributed by atoms with Gasteiger partial charge >= 0.3 is 0 Å². The van der Waals surface area contributed by atoms with Crippen molar-refractivity contribution in [3.63, 3.8) is 0 Å². The van der Waals surface area contributed by atoms with Crippen molar-refractivity contribution in [1.82, 2.24) is 14.8 Å². The molecular formula is C14H15ClN4. The van der Waals surface area contributed by atoms with E-state index in [1.54, 1.807) is 17.1 Å². The number of terminal acetylenes is 1. The zero-order valence-corrected chi connectivity index (χ0v) is 11.5. The van der Waals surface area contributed by atoms with Gasteiger partial charge in [-0.25, -0.2) is 0 Å². The van der Waals surface area contributed by atoms with Gasteiger partial charge < -0.3 is 4.90 Å². The third-order valence-corrected chi connectivity index (χ3v) is 3.07. The Morgan fingerprint density at radius 2 is 2.32 bits per heavy atom. The van der Waals surface area contributed by atoms with E-state index in [2.05, 4.69) is 27.8 Å². The lowest BCUT2D eigenvalue weighted by Crippen LogP contribution is -2.22. The molecule has 0 aliphatic carbocycles. The molecular weight excluding hydrogens is 260 g/mol. The van der Waals surface area contributed by atoms with Crippen molar-refractivity contribution < 1.29 is 0 Å². The molecule has 4 nitrogen and oxygen atoms in total. The van der Waals surface area contributed by atoms with E-state index < -0.39 is 0 Å². The average Bonchev–Trinajstić information content (AvgIpc) is 2.85. The van der Waals surface area contributed by atoms with Crippen LogP contribution in [0.3, 0.4) is 0 Å². The molecule has 0 saturated heterocycles. The maximum atomic E-state index is 6.16. The summed E-state index contributed by atoms with van der Waals surface area (Å²) < 4.78 is 1.75. The second-order valence-corrected chi connectivity index (χ2v) is 4.46. The fraction of sp³-hybridized carbons (Fsp3) is 0.286. The molecule has 2 aromatic heterocycles. The molecule has 0 bridgehead atoms. The predicted octanol–water partition coefficient (Wildman–Crippen LogP) is 2.59. The van der Waals surface area contributed by atoms with E-state index in [0.29, 0.717) is 18.1 Å². The molecule has 0 atom stereocenters. The summed E-state index contributed by atoms with van der Waals surface area (Å²) in [5.41, 5.74) is 1.93. The Kier molecular flexibility index (Phi) is 4.43. The van der Waals surface area contributed by atoms with Crippen molar-refractivity contribution in [2.24, 2.45) is 0 Å². The van der Waals surface area contributed by atoms with Gasteiger partial charge in [0.2, 0.25) is 0 Å². The first-order valence-electron chi connectivity index (χ1n) is 6.05. The van der Waals surface area contributed by atoms with Gasteiger partial charge in [0.1, 0.15) is 6.54 Å². The first-order chi connectivity index (χ1) is 9.24. The van der Waals surface area contributed by atoms with Crippen molar-refractivity contribution in [3.05, 3.63) is 41.4 Å². The minimum absolute atomic E-state index is 0.488. The number of nitrogens with zero attached hydrogens (tertiary/aromatic N) is 4. The van der Waals surface area contributed by atoms with Crippen LogP contribution in [-0.4, -0.2) is 21.3 Å². The molecule has 0 aromatic carbocycles. The molecule has 0 radical (unpaired) electrons. The third-order valence-electron chi connectivity index (χ3n) is 2.78. The zero-order chi connectivity index (χ0) is 13.7. The van der Waals surface area contributed by atoms with E-state index in [1.165, 1.54) is 0 Å². The average molecular weight is 275 g/mol. The smallest absolute Gasteiger partial charge is 0.101 e. The van der Waals surface area contributed by atoms with Gasteiger partial charge in [-0.3, -0.25) is 9.67 Å². The summed E-state index contributed by atoms with van der Waals surface area (Å²) >= 11 is 6.16. The van der Waals surface area contributed by atoms with Crippen LogP contribution in [0.25, 0.3) is 0 Å². The van der Waals surface area contributed by atoms with Gasteiger partial charge in [-0.15, -0.1) is 6.42 Å². The number of hydrogen-bond donors (Lipinski definition) is 0. The Balaban J connectivity index is 2.15. The lowest BCUT2D eigenvalue weighted by atomic mass is 10.3. The Morgan fingerprint density at radius 1 is 1.47 bits per heavy atom. The van der Waals surface area contributed by atoms with Gasteiger partial charge in [-0.05, 0) is 19.1 Å². The topological polar surface area (TPSA) is 34.0 Å². The van der Waals surface area contributed by atoms with Gasteiger partial charge in [0, 0.05) is 25.1 Å². The number of pyridine rings is 1. The zero-order valence-electron chi connectivity index (χ0n) is 10.8. The monoisotopic (exact) mass is 274 g/mol. The fourth-order valence-electron chi connectivity index (χ4n) is 1.86.